The molecular weight excluding hydrogens is 240 g/mol. The van der Waals surface area contributed by atoms with Gasteiger partial charge in [0, 0.05) is 18.0 Å². The molecule has 2 N–H and O–H groups in total. The lowest BCUT2D eigenvalue weighted by atomic mass is 9.81. The first-order valence-corrected chi connectivity index (χ1v) is 7.46. The predicted molar refractivity (Wildman–Crippen MR) is 77.9 cm³/mol. The molecule has 1 aliphatic rings. The van der Waals surface area contributed by atoms with E-state index < -0.39 is 6.10 Å². The van der Waals surface area contributed by atoms with Crippen molar-refractivity contribution in [1.29, 1.82) is 0 Å². The highest BCUT2D eigenvalue weighted by Gasteiger charge is 2.32. The van der Waals surface area contributed by atoms with Gasteiger partial charge in [-0.15, -0.1) is 0 Å². The Hall–Kier alpha value is -0.610. The van der Waals surface area contributed by atoms with Gasteiger partial charge >= 0.3 is 0 Å². The first kappa shape index (κ1) is 16.4. The van der Waals surface area contributed by atoms with E-state index in [1.807, 2.05) is 27.7 Å². The van der Waals surface area contributed by atoms with Gasteiger partial charge in [-0.3, -0.25) is 9.69 Å². The molecule has 0 aromatic heterocycles. The van der Waals surface area contributed by atoms with Crippen molar-refractivity contribution < 1.29 is 9.90 Å². The summed E-state index contributed by atoms with van der Waals surface area (Å²) in [5, 5.41) is 13.1. The molecule has 1 rings (SSSR count). The van der Waals surface area contributed by atoms with E-state index in [0.717, 1.165) is 6.54 Å². The van der Waals surface area contributed by atoms with Crippen molar-refractivity contribution in [3.05, 3.63) is 0 Å². The fourth-order valence-corrected chi connectivity index (χ4v) is 2.51. The molecule has 1 aliphatic carbocycles. The zero-order chi connectivity index (χ0) is 14.6. The fraction of sp³-hybridized carbons (Fsp3) is 0.933. The molecule has 1 amide bonds. The topological polar surface area (TPSA) is 52.6 Å². The SMILES string of the molecule is CCN(CC(=O)NCC(C)(C)C(O)C(C)C)C1CC1. The van der Waals surface area contributed by atoms with Crippen LogP contribution in [0.25, 0.3) is 0 Å². The van der Waals surface area contributed by atoms with Crippen LogP contribution in [0, 0.1) is 11.3 Å². The molecule has 0 heterocycles. The number of carbonyl (C=O) groups excluding carboxylic acids is 1. The number of nitrogens with zero attached hydrogens (tertiary/aromatic N) is 1. The van der Waals surface area contributed by atoms with Gasteiger partial charge in [0.1, 0.15) is 0 Å². The Bertz CT molecular complexity index is 299. The molecule has 0 saturated heterocycles. The highest BCUT2D eigenvalue weighted by atomic mass is 16.3. The second-order valence-electron chi connectivity index (χ2n) is 6.75. The molecule has 19 heavy (non-hydrogen) atoms. The average molecular weight is 270 g/mol. The van der Waals surface area contributed by atoms with Crippen LogP contribution in [0.2, 0.25) is 0 Å². The summed E-state index contributed by atoms with van der Waals surface area (Å²) in [6.07, 6.45) is 2.04. The van der Waals surface area contributed by atoms with E-state index in [1.165, 1.54) is 12.8 Å². The van der Waals surface area contributed by atoms with Crippen LogP contribution < -0.4 is 5.32 Å². The monoisotopic (exact) mass is 270 g/mol. The quantitative estimate of drug-likeness (QED) is 0.705. The maximum atomic E-state index is 11.9. The Morgan fingerprint density at radius 1 is 1.42 bits per heavy atom. The van der Waals surface area contributed by atoms with E-state index in [2.05, 4.69) is 17.1 Å². The smallest absolute Gasteiger partial charge is 0.234 e. The Labute approximate surface area is 117 Å². The van der Waals surface area contributed by atoms with E-state index in [0.29, 0.717) is 19.1 Å². The van der Waals surface area contributed by atoms with Crippen molar-refractivity contribution in [2.75, 3.05) is 19.6 Å². The normalized spacial score (nSPS) is 17.9. The number of aliphatic hydroxyl groups excluding tert-OH is 1. The highest BCUT2D eigenvalue weighted by Crippen LogP contribution is 2.26. The second kappa shape index (κ2) is 6.71. The number of nitrogens with one attached hydrogen (secondary N) is 1. The molecule has 112 valence electrons. The molecule has 1 fully saturated rings. The van der Waals surface area contributed by atoms with Crippen molar-refractivity contribution >= 4 is 5.91 Å². The van der Waals surface area contributed by atoms with Crippen LogP contribution in [-0.4, -0.2) is 47.7 Å². The number of rotatable bonds is 8. The molecule has 0 aliphatic heterocycles. The van der Waals surface area contributed by atoms with Crippen LogP contribution in [-0.2, 0) is 4.79 Å². The van der Waals surface area contributed by atoms with Gasteiger partial charge in [0.15, 0.2) is 0 Å². The van der Waals surface area contributed by atoms with Gasteiger partial charge < -0.3 is 10.4 Å². The summed E-state index contributed by atoms with van der Waals surface area (Å²) >= 11 is 0. The van der Waals surface area contributed by atoms with Crippen LogP contribution in [0.5, 0.6) is 0 Å². The minimum absolute atomic E-state index is 0.0674. The Kier molecular flexibility index (Phi) is 5.81. The minimum atomic E-state index is -0.404. The molecule has 0 aromatic carbocycles. The van der Waals surface area contributed by atoms with Crippen molar-refractivity contribution in [2.45, 2.75) is 59.6 Å². The number of likely N-dealkylation sites (N-methyl/N-ethyl adjacent to an activating group) is 1. The van der Waals surface area contributed by atoms with Crippen molar-refractivity contribution in [3.8, 4) is 0 Å². The van der Waals surface area contributed by atoms with E-state index in [9.17, 15) is 9.90 Å². The number of hydrogen-bond donors (Lipinski definition) is 2. The molecule has 0 bridgehead atoms. The van der Waals surface area contributed by atoms with E-state index >= 15 is 0 Å². The molecule has 4 nitrogen and oxygen atoms in total. The first-order valence-electron chi connectivity index (χ1n) is 7.46. The Morgan fingerprint density at radius 3 is 2.42 bits per heavy atom. The van der Waals surface area contributed by atoms with Crippen LogP contribution >= 0.6 is 0 Å². The third-order valence-corrected chi connectivity index (χ3v) is 3.99. The van der Waals surface area contributed by atoms with E-state index in [1.54, 1.807) is 0 Å². The van der Waals surface area contributed by atoms with Crippen molar-refractivity contribution in [1.82, 2.24) is 10.2 Å². The number of aliphatic hydroxyl groups is 1. The molecule has 1 atom stereocenters. The standard InChI is InChI=1S/C15H30N2O2/c1-6-17(12-7-8-12)9-13(18)16-10-15(4,5)14(19)11(2)3/h11-12,14,19H,6-10H2,1-5H3,(H,16,18). The first-order chi connectivity index (χ1) is 8.77. The summed E-state index contributed by atoms with van der Waals surface area (Å²) in [6.45, 7) is 12.0. The Balaban J connectivity index is 2.36. The molecule has 0 spiro atoms. The van der Waals surface area contributed by atoms with E-state index in [-0.39, 0.29) is 17.2 Å². The summed E-state index contributed by atoms with van der Waals surface area (Å²) in [4.78, 5) is 14.2. The van der Waals surface area contributed by atoms with Gasteiger partial charge in [0.05, 0.1) is 12.6 Å². The lowest BCUT2D eigenvalue weighted by Gasteiger charge is -2.33. The van der Waals surface area contributed by atoms with Gasteiger partial charge in [-0.2, -0.15) is 0 Å². The number of amides is 1. The van der Waals surface area contributed by atoms with Crippen LogP contribution in [0.15, 0.2) is 0 Å². The summed E-state index contributed by atoms with van der Waals surface area (Å²) in [6, 6.07) is 0.616. The van der Waals surface area contributed by atoms with Crippen molar-refractivity contribution in [2.24, 2.45) is 11.3 Å². The maximum absolute atomic E-state index is 11.9. The molecule has 0 radical (unpaired) electrons. The lowest BCUT2D eigenvalue weighted by Crippen LogP contribution is -2.46. The van der Waals surface area contributed by atoms with Crippen molar-refractivity contribution in [3.63, 3.8) is 0 Å². The number of carbonyl (C=O) groups is 1. The summed E-state index contributed by atoms with van der Waals surface area (Å²) in [5.41, 5.74) is -0.291. The average Bonchev–Trinajstić information content (AvgIpc) is 3.16. The molecular formula is C15H30N2O2. The van der Waals surface area contributed by atoms with Crippen LogP contribution in [0.3, 0.4) is 0 Å². The molecule has 4 heteroatoms. The Morgan fingerprint density at radius 2 is 2.00 bits per heavy atom. The number of hydrogen-bond acceptors (Lipinski definition) is 3. The maximum Gasteiger partial charge on any atom is 0.234 e. The fourth-order valence-electron chi connectivity index (χ4n) is 2.51. The lowest BCUT2D eigenvalue weighted by molar-refractivity contribution is -0.123. The molecule has 1 unspecified atom stereocenters. The predicted octanol–water partition coefficient (Wildman–Crippen LogP) is 1.63. The third-order valence-electron chi connectivity index (χ3n) is 3.99. The second-order valence-corrected chi connectivity index (χ2v) is 6.75. The van der Waals surface area contributed by atoms with Gasteiger partial charge in [0.25, 0.3) is 0 Å². The highest BCUT2D eigenvalue weighted by molar-refractivity contribution is 5.78. The third kappa shape index (κ3) is 5.11. The zero-order valence-electron chi connectivity index (χ0n) is 13.1. The van der Waals surface area contributed by atoms with Gasteiger partial charge in [-0.25, -0.2) is 0 Å². The van der Waals surface area contributed by atoms with Gasteiger partial charge in [0.2, 0.25) is 5.91 Å². The zero-order valence-corrected chi connectivity index (χ0v) is 13.1. The molecule has 0 aromatic rings. The van der Waals surface area contributed by atoms with Crippen LogP contribution in [0.4, 0.5) is 0 Å². The summed E-state index contributed by atoms with van der Waals surface area (Å²) in [5.74, 6) is 0.267. The van der Waals surface area contributed by atoms with Crippen LogP contribution in [0.1, 0.15) is 47.5 Å². The van der Waals surface area contributed by atoms with Gasteiger partial charge in [-0.1, -0.05) is 34.6 Å². The summed E-state index contributed by atoms with van der Waals surface area (Å²) in [7, 11) is 0. The van der Waals surface area contributed by atoms with Gasteiger partial charge in [-0.05, 0) is 25.3 Å². The minimum Gasteiger partial charge on any atom is -0.392 e. The summed E-state index contributed by atoms with van der Waals surface area (Å²) < 4.78 is 0. The molecule has 1 saturated carbocycles. The largest absolute Gasteiger partial charge is 0.392 e. The van der Waals surface area contributed by atoms with E-state index in [4.69, 9.17) is 0 Å².